The standard InChI is InChI=1S/C12H22O2/c1-8-9(2)12(3,4)7-10(8)11-13-5-6-14-11/h8-11H,5-7H2,1-4H3. The molecule has 0 N–H and O–H groups in total. The summed E-state index contributed by atoms with van der Waals surface area (Å²) in [7, 11) is 0. The number of ether oxygens (including phenoxy) is 2. The number of rotatable bonds is 1. The summed E-state index contributed by atoms with van der Waals surface area (Å²) in [6.45, 7) is 11.0. The largest absolute Gasteiger partial charge is 0.350 e. The van der Waals surface area contributed by atoms with Crippen molar-refractivity contribution >= 4 is 0 Å². The molecule has 2 fully saturated rings. The van der Waals surface area contributed by atoms with Gasteiger partial charge in [-0.3, -0.25) is 0 Å². The molecule has 1 saturated carbocycles. The topological polar surface area (TPSA) is 18.5 Å². The van der Waals surface area contributed by atoms with Gasteiger partial charge in [0.25, 0.3) is 0 Å². The highest BCUT2D eigenvalue weighted by atomic mass is 16.7. The van der Waals surface area contributed by atoms with E-state index in [-0.39, 0.29) is 6.29 Å². The molecule has 82 valence electrons. The van der Waals surface area contributed by atoms with Crippen LogP contribution in [0.2, 0.25) is 0 Å². The Balaban J connectivity index is 2.07. The summed E-state index contributed by atoms with van der Waals surface area (Å²) in [5.74, 6) is 2.08. The first-order valence-corrected chi connectivity index (χ1v) is 5.75. The molecule has 0 radical (unpaired) electrons. The molecule has 3 unspecified atom stereocenters. The second-order valence-electron chi connectivity index (χ2n) is 5.61. The molecular weight excluding hydrogens is 176 g/mol. The van der Waals surface area contributed by atoms with Crippen molar-refractivity contribution in [1.29, 1.82) is 0 Å². The van der Waals surface area contributed by atoms with E-state index in [1.54, 1.807) is 0 Å². The molecule has 2 aliphatic rings. The van der Waals surface area contributed by atoms with Crippen LogP contribution >= 0.6 is 0 Å². The van der Waals surface area contributed by atoms with Gasteiger partial charge in [0.05, 0.1) is 13.2 Å². The smallest absolute Gasteiger partial charge is 0.160 e. The van der Waals surface area contributed by atoms with Gasteiger partial charge in [-0.1, -0.05) is 27.7 Å². The number of hydrogen-bond acceptors (Lipinski definition) is 2. The van der Waals surface area contributed by atoms with E-state index in [0.717, 1.165) is 19.1 Å². The van der Waals surface area contributed by atoms with Crippen LogP contribution in [0.25, 0.3) is 0 Å². The predicted octanol–water partition coefficient (Wildman–Crippen LogP) is 2.68. The van der Waals surface area contributed by atoms with Crippen molar-refractivity contribution < 1.29 is 9.47 Å². The minimum Gasteiger partial charge on any atom is -0.350 e. The minimum atomic E-state index is 0.0780. The zero-order valence-corrected chi connectivity index (χ0v) is 9.75. The fourth-order valence-electron chi connectivity index (χ4n) is 3.03. The molecule has 2 heteroatoms. The fourth-order valence-corrected chi connectivity index (χ4v) is 3.03. The lowest BCUT2D eigenvalue weighted by Crippen LogP contribution is -2.24. The minimum absolute atomic E-state index is 0.0780. The highest BCUT2D eigenvalue weighted by molar-refractivity contribution is 4.93. The molecule has 2 nitrogen and oxygen atoms in total. The molecule has 1 aliphatic carbocycles. The molecule has 0 aromatic carbocycles. The van der Waals surface area contributed by atoms with Gasteiger partial charge < -0.3 is 9.47 Å². The first-order chi connectivity index (χ1) is 6.52. The van der Waals surface area contributed by atoms with Gasteiger partial charge in [-0.05, 0) is 23.7 Å². The Labute approximate surface area is 87.0 Å². The van der Waals surface area contributed by atoms with Crippen LogP contribution < -0.4 is 0 Å². The van der Waals surface area contributed by atoms with Gasteiger partial charge in [-0.2, -0.15) is 0 Å². The highest BCUT2D eigenvalue weighted by Crippen LogP contribution is 2.51. The van der Waals surface area contributed by atoms with Crippen LogP contribution in [0.1, 0.15) is 34.1 Å². The van der Waals surface area contributed by atoms with E-state index in [9.17, 15) is 0 Å². The summed E-state index contributed by atoms with van der Waals surface area (Å²) in [6.07, 6.45) is 1.31. The van der Waals surface area contributed by atoms with Crippen LogP contribution in [-0.2, 0) is 9.47 Å². The van der Waals surface area contributed by atoms with Crippen LogP contribution in [0.4, 0.5) is 0 Å². The van der Waals surface area contributed by atoms with Gasteiger partial charge in [-0.25, -0.2) is 0 Å². The van der Waals surface area contributed by atoms with Crippen molar-refractivity contribution in [1.82, 2.24) is 0 Å². The molecule has 0 spiro atoms. The fraction of sp³-hybridized carbons (Fsp3) is 1.00. The Hall–Kier alpha value is -0.0800. The van der Waals surface area contributed by atoms with E-state index < -0.39 is 0 Å². The average Bonchev–Trinajstić information content (AvgIpc) is 2.69. The third-order valence-corrected chi connectivity index (χ3v) is 4.46. The Morgan fingerprint density at radius 2 is 1.64 bits per heavy atom. The quantitative estimate of drug-likeness (QED) is 0.645. The Morgan fingerprint density at radius 1 is 1.07 bits per heavy atom. The third-order valence-electron chi connectivity index (χ3n) is 4.46. The van der Waals surface area contributed by atoms with Gasteiger partial charge in [0.2, 0.25) is 0 Å². The summed E-state index contributed by atoms with van der Waals surface area (Å²) < 4.78 is 11.3. The van der Waals surface area contributed by atoms with Crippen LogP contribution in [-0.4, -0.2) is 19.5 Å². The van der Waals surface area contributed by atoms with Crippen molar-refractivity contribution in [2.45, 2.75) is 40.4 Å². The predicted molar refractivity (Wildman–Crippen MR) is 55.9 cm³/mol. The van der Waals surface area contributed by atoms with Crippen molar-refractivity contribution in [3.63, 3.8) is 0 Å². The van der Waals surface area contributed by atoms with Crippen molar-refractivity contribution in [2.75, 3.05) is 13.2 Å². The molecule has 1 heterocycles. The molecule has 1 saturated heterocycles. The summed E-state index contributed by atoms with van der Waals surface area (Å²) >= 11 is 0. The SMILES string of the molecule is CC1C(C2OCCO2)CC(C)(C)C1C. The van der Waals surface area contributed by atoms with Crippen molar-refractivity contribution in [2.24, 2.45) is 23.2 Å². The Bertz CT molecular complexity index is 206. The third kappa shape index (κ3) is 1.59. The molecule has 0 aromatic heterocycles. The average molecular weight is 198 g/mol. The second kappa shape index (κ2) is 3.49. The number of hydrogen-bond donors (Lipinski definition) is 0. The van der Waals surface area contributed by atoms with Crippen LogP contribution in [0.15, 0.2) is 0 Å². The first kappa shape index (κ1) is 10.4. The lowest BCUT2D eigenvalue weighted by Gasteiger charge is -2.25. The zero-order valence-electron chi connectivity index (χ0n) is 9.75. The molecule has 3 atom stereocenters. The lowest BCUT2D eigenvalue weighted by atomic mass is 9.81. The van der Waals surface area contributed by atoms with Gasteiger partial charge in [0.1, 0.15) is 0 Å². The summed E-state index contributed by atoms with van der Waals surface area (Å²) in [6, 6.07) is 0. The van der Waals surface area contributed by atoms with E-state index in [4.69, 9.17) is 9.47 Å². The van der Waals surface area contributed by atoms with Gasteiger partial charge in [-0.15, -0.1) is 0 Å². The van der Waals surface area contributed by atoms with Crippen molar-refractivity contribution in [3.05, 3.63) is 0 Å². The van der Waals surface area contributed by atoms with Gasteiger partial charge in [0.15, 0.2) is 6.29 Å². The van der Waals surface area contributed by atoms with E-state index in [1.807, 2.05) is 0 Å². The molecule has 0 amide bonds. The van der Waals surface area contributed by atoms with Crippen LogP contribution in [0.5, 0.6) is 0 Å². The molecule has 0 bridgehead atoms. The molecule has 14 heavy (non-hydrogen) atoms. The maximum atomic E-state index is 5.63. The van der Waals surface area contributed by atoms with E-state index in [2.05, 4.69) is 27.7 Å². The first-order valence-electron chi connectivity index (χ1n) is 5.75. The summed E-state index contributed by atoms with van der Waals surface area (Å²) in [5, 5.41) is 0. The second-order valence-corrected chi connectivity index (χ2v) is 5.61. The van der Waals surface area contributed by atoms with Gasteiger partial charge in [0, 0.05) is 5.92 Å². The lowest BCUT2D eigenvalue weighted by molar-refractivity contribution is -0.0941. The van der Waals surface area contributed by atoms with E-state index in [1.165, 1.54) is 6.42 Å². The normalized spacial score (nSPS) is 43.3. The van der Waals surface area contributed by atoms with Crippen LogP contribution in [0.3, 0.4) is 0 Å². The maximum Gasteiger partial charge on any atom is 0.160 e. The Kier molecular flexibility index (Phi) is 2.61. The van der Waals surface area contributed by atoms with E-state index >= 15 is 0 Å². The summed E-state index contributed by atoms with van der Waals surface area (Å²) in [4.78, 5) is 0. The van der Waals surface area contributed by atoms with Crippen LogP contribution in [0, 0.1) is 23.2 Å². The van der Waals surface area contributed by atoms with Crippen molar-refractivity contribution in [3.8, 4) is 0 Å². The monoisotopic (exact) mass is 198 g/mol. The zero-order chi connectivity index (χ0) is 10.3. The highest BCUT2D eigenvalue weighted by Gasteiger charge is 2.47. The molecule has 0 aromatic rings. The van der Waals surface area contributed by atoms with Gasteiger partial charge >= 0.3 is 0 Å². The summed E-state index contributed by atoms with van der Waals surface area (Å²) in [5.41, 5.74) is 0.444. The molecule has 2 rings (SSSR count). The molecule has 1 aliphatic heterocycles. The maximum absolute atomic E-state index is 5.63. The van der Waals surface area contributed by atoms with E-state index in [0.29, 0.717) is 17.3 Å². The molecular formula is C12H22O2. The Morgan fingerprint density at radius 3 is 2.07 bits per heavy atom.